The number of ether oxygens (including phenoxy) is 7. The van der Waals surface area contributed by atoms with Gasteiger partial charge in [0.25, 0.3) is 0 Å². The quantitative estimate of drug-likeness (QED) is 0.182. The molecule has 0 aromatic rings. The molecule has 0 unspecified atom stereocenters. The summed E-state index contributed by atoms with van der Waals surface area (Å²) in [4.78, 5) is 11.6. The summed E-state index contributed by atoms with van der Waals surface area (Å²) in [6.07, 6.45) is 9.37. The molecule has 0 bridgehead atoms. The SMILES string of the molecule is C=C1[C@@H](O)[C@H]2O[C@@]3(CC[C@H](/C=C/[C@@H](C)[C@H]4CC(C)=C[C@@]5(O[C@H](C[C@@](C)(O)C(=O)O)CC[C@H]5O)O4)O3)CC[C@H]2O[C@H]1[C@@H](O)C[C@H](C)[C@H]1O[C@@]2(CCCCO2)CC[C@H]1C. The summed E-state index contributed by atoms with van der Waals surface area (Å²) in [6.45, 7) is 14.5. The molecular weight excluding hydrogens is 736 g/mol. The third-order valence-corrected chi connectivity index (χ3v) is 14.0. The van der Waals surface area contributed by atoms with Gasteiger partial charge in [-0.1, -0.05) is 45.1 Å². The van der Waals surface area contributed by atoms with Crippen LogP contribution in [0, 0.1) is 17.8 Å². The van der Waals surface area contributed by atoms with Gasteiger partial charge in [-0.2, -0.15) is 0 Å². The zero-order valence-electron chi connectivity index (χ0n) is 34.6. The molecule has 7 heterocycles. The molecule has 6 saturated heterocycles. The largest absolute Gasteiger partial charge is 0.479 e. The highest BCUT2D eigenvalue weighted by Crippen LogP contribution is 2.47. The van der Waals surface area contributed by atoms with Crippen molar-refractivity contribution in [2.45, 2.75) is 209 Å². The molecule has 17 atom stereocenters. The summed E-state index contributed by atoms with van der Waals surface area (Å²) in [5.41, 5.74) is -0.551. The standard InChI is InChI=1S/C44H68O13/c1-25-21-34(55-44(23-25)35(46)12-11-31(54-44)24-41(6,50)40(48)49)26(2)9-10-30-14-18-43(53-30)19-15-33-39(57-43)36(47)29(5)38(52-33)32(45)22-28(4)37-27(3)13-17-42(56-37)16-7-8-20-51-42/h9-10,23,26-28,30-39,45-47,50H,5,7-8,11-22,24H2,1-4,6H3,(H,48,49)/b10-9+/t26-,27-,28+,30+,31+,32+,33-,34-,35-,36-,37+,38-,39+,41-,42+,43+,44-/m1/s1. The van der Waals surface area contributed by atoms with Crippen LogP contribution >= 0.6 is 0 Å². The van der Waals surface area contributed by atoms with Gasteiger partial charge < -0.3 is 58.7 Å². The first-order valence-corrected chi connectivity index (χ1v) is 21.7. The predicted octanol–water partition coefficient (Wildman–Crippen LogP) is 5.21. The first-order valence-electron chi connectivity index (χ1n) is 21.7. The number of rotatable bonds is 10. The number of hydrogen-bond donors (Lipinski definition) is 5. The number of aliphatic hydroxyl groups is 4. The van der Waals surface area contributed by atoms with Gasteiger partial charge in [-0.3, -0.25) is 0 Å². The maximum Gasteiger partial charge on any atom is 0.335 e. The van der Waals surface area contributed by atoms with Gasteiger partial charge in [-0.25, -0.2) is 4.79 Å². The van der Waals surface area contributed by atoms with Crippen LogP contribution in [0.5, 0.6) is 0 Å². The van der Waals surface area contributed by atoms with Crippen LogP contribution in [0.25, 0.3) is 0 Å². The highest BCUT2D eigenvalue weighted by atomic mass is 16.7. The van der Waals surface area contributed by atoms with E-state index in [0.717, 1.165) is 50.7 Å². The van der Waals surface area contributed by atoms with Gasteiger partial charge in [0.05, 0.1) is 43.2 Å². The number of carboxylic acids is 1. The van der Waals surface area contributed by atoms with E-state index in [1.54, 1.807) is 6.08 Å². The van der Waals surface area contributed by atoms with E-state index in [9.17, 15) is 30.3 Å². The topological polar surface area (TPSA) is 183 Å². The van der Waals surface area contributed by atoms with Crippen molar-refractivity contribution >= 4 is 5.97 Å². The summed E-state index contributed by atoms with van der Waals surface area (Å²) in [6, 6.07) is 0. The monoisotopic (exact) mass is 804 g/mol. The van der Waals surface area contributed by atoms with Gasteiger partial charge >= 0.3 is 5.97 Å². The summed E-state index contributed by atoms with van der Waals surface area (Å²) >= 11 is 0. The minimum Gasteiger partial charge on any atom is -0.479 e. The average Bonchev–Trinajstić information content (AvgIpc) is 3.56. The van der Waals surface area contributed by atoms with Crippen LogP contribution in [-0.2, 0) is 38.0 Å². The van der Waals surface area contributed by atoms with Crippen LogP contribution in [0.2, 0.25) is 0 Å². The second-order valence-corrected chi connectivity index (χ2v) is 18.9. The molecule has 13 nitrogen and oxygen atoms in total. The molecule has 7 aliphatic heterocycles. The van der Waals surface area contributed by atoms with E-state index in [2.05, 4.69) is 26.5 Å². The Morgan fingerprint density at radius 1 is 1.00 bits per heavy atom. The summed E-state index contributed by atoms with van der Waals surface area (Å²) < 4.78 is 45.2. The van der Waals surface area contributed by atoms with Crippen LogP contribution in [0.4, 0.5) is 0 Å². The molecule has 0 amide bonds. The Morgan fingerprint density at radius 3 is 2.49 bits per heavy atom. The average molecular weight is 805 g/mol. The molecule has 13 heteroatoms. The van der Waals surface area contributed by atoms with E-state index in [4.69, 9.17) is 33.2 Å². The van der Waals surface area contributed by atoms with Crippen LogP contribution in [0.1, 0.15) is 125 Å². The highest BCUT2D eigenvalue weighted by molar-refractivity contribution is 5.76. The van der Waals surface area contributed by atoms with E-state index in [0.29, 0.717) is 56.4 Å². The minimum atomic E-state index is -1.96. The molecule has 0 aliphatic carbocycles. The van der Waals surface area contributed by atoms with Gasteiger partial charge in [0.2, 0.25) is 5.79 Å². The van der Waals surface area contributed by atoms with Crippen molar-refractivity contribution in [1.82, 2.24) is 0 Å². The fourth-order valence-corrected chi connectivity index (χ4v) is 10.5. The van der Waals surface area contributed by atoms with Gasteiger partial charge in [-0.05, 0) is 95.1 Å². The molecule has 0 radical (unpaired) electrons. The first kappa shape index (κ1) is 43.3. The predicted molar refractivity (Wildman–Crippen MR) is 208 cm³/mol. The number of aliphatic carboxylic acids is 1. The number of carboxylic acid groups (broad SMARTS) is 1. The number of hydrogen-bond acceptors (Lipinski definition) is 12. The third-order valence-electron chi connectivity index (χ3n) is 14.0. The van der Waals surface area contributed by atoms with E-state index < -0.39 is 71.7 Å². The lowest BCUT2D eigenvalue weighted by Gasteiger charge is -2.50. The van der Waals surface area contributed by atoms with Gasteiger partial charge in [-0.15, -0.1) is 0 Å². The molecule has 57 heavy (non-hydrogen) atoms. The van der Waals surface area contributed by atoms with Crippen LogP contribution in [-0.4, -0.2) is 122 Å². The smallest absolute Gasteiger partial charge is 0.335 e. The molecule has 0 aromatic carbocycles. The minimum absolute atomic E-state index is 0.0423. The molecule has 0 aromatic heterocycles. The van der Waals surface area contributed by atoms with E-state index in [1.807, 2.05) is 19.9 Å². The Kier molecular flexibility index (Phi) is 12.9. The Morgan fingerprint density at radius 2 is 1.75 bits per heavy atom. The van der Waals surface area contributed by atoms with Crippen molar-refractivity contribution in [1.29, 1.82) is 0 Å². The second kappa shape index (κ2) is 17.0. The van der Waals surface area contributed by atoms with Crippen molar-refractivity contribution in [3.05, 3.63) is 36.0 Å². The maximum absolute atomic E-state index is 11.6. The van der Waals surface area contributed by atoms with Crippen LogP contribution in [0.3, 0.4) is 0 Å². The number of fused-ring (bicyclic) bond motifs is 1. The van der Waals surface area contributed by atoms with Crippen molar-refractivity contribution < 1.29 is 63.5 Å². The van der Waals surface area contributed by atoms with E-state index >= 15 is 0 Å². The van der Waals surface area contributed by atoms with Crippen LogP contribution in [0.15, 0.2) is 36.0 Å². The van der Waals surface area contributed by atoms with Crippen LogP contribution < -0.4 is 0 Å². The molecule has 3 spiro atoms. The molecule has 322 valence electrons. The second-order valence-electron chi connectivity index (χ2n) is 18.9. The number of carbonyl (C=O) groups is 1. The van der Waals surface area contributed by atoms with Gasteiger partial charge in [0.15, 0.2) is 17.2 Å². The van der Waals surface area contributed by atoms with Gasteiger partial charge in [0.1, 0.15) is 24.4 Å². The molecule has 5 N–H and O–H groups in total. The van der Waals surface area contributed by atoms with Crippen molar-refractivity contribution in [2.24, 2.45) is 17.8 Å². The molecule has 7 rings (SSSR count). The normalized spacial score (nSPS) is 45.4. The fraction of sp³-hybridized carbons (Fsp3) is 0.841. The lowest BCUT2D eigenvalue weighted by atomic mass is 9.79. The van der Waals surface area contributed by atoms with Crippen molar-refractivity contribution in [2.75, 3.05) is 6.61 Å². The Balaban J connectivity index is 0.920. The zero-order chi connectivity index (χ0) is 40.9. The summed E-state index contributed by atoms with van der Waals surface area (Å²) in [7, 11) is 0. The Bertz CT molecular complexity index is 1510. The Labute approximate surface area is 337 Å². The third kappa shape index (κ3) is 9.15. The lowest BCUT2D eigenvalue weighted by Crippen LogP contribution is -2.60. The fourth-order valence-electron chi connectivity index (χ4n) is 10.5. The maximum atomic E-state index is 11.6. The molecule has 7 aliphatic rings. The van der Waals surface area contributed by atoms with E-state index in [-0.39, 0.29) is 36.6 Å². The Hall–Kier alpha value is -1.75. The summed E-state index contributed by atoms with van der Waals surface area (Å²) in [5.74, 6) is -3.82. The van der Waals surface area contributed by atoms with E-state index in [1.165, 1.54) is 6.92 Å². The van der Waals surface area contributed by atoms with Crippen molar-refractivity contribution in [3.8, 4) is 0 Å². The highest BCUT2D eigenvalue weighted by Gasteiger charge is 2.55. The lowest BCUT2D eigenvalue weighted by molar-refractivity contribution is -0.321. The zero-order valence-corrected chi connectivity index (χ0v) is 34.6. The van der Waals surface area contributed by atoms with Gasteiger partial charge in [0, 0.05) is 38.0 Å². The molecule has 0 saturated carbocycles. The van der Waals surface area contributed by atoms with Crippen molar-refractivity contribution in [3.63, 3.8) is 0 Å². The molecular formula is C44H68O13. The first-order chi connectivity index (χ1) is 26.9. The number of aliphatic hydroxyl groups excluding tert-OH is 3. The summed E-state index contributed by atoms with van der Waals surface area (Å²) in [5, 5.41) is 54.0. The molecule has 6 fully saturated rings.